The fraction of sp³-hybridized carbons (Fsp3) is 0.167. The van der Waals surface area contributed by atoms with E-state index in [0.29, 0.717) is 17.2 Å². The quantitative estimate of drug-likeness (QED) is 0.597. The molecule has 1 unspecified atom stereocenters. The second-order valence-electron chi connectivity index (χ2n) is 6.94. The third-order valence-corrected chi connectivity index (χ3v) is 5.16. The van der Waals surface area contributed by atoms with Crippen molar-refractivity contribution in [3.05, 3.63) is 89.5 Å². The van der Waals surface area contributed by atoms with Gasteiger partial charge in [0.15, 0.2) is 11.5 Å². The summed E-state index contributed by atoms with van der Waals surface area (Å²) in [4.78, 5) is 0. The molecular weight excluding hydrogens is 402 g/mol. The van der Waals surface area contributed by atoms with Crippen LogP contribution in [0.3, 0.4) is 0 Å². The summed E-state index contributed by atoms with van der Waals surface area (Å²) in [6.07, 6.45) is 2.00. The molecule has 0 saturated heterocycles. The van der Waals surface area contributed by atoms with Gasteiger partial charge in [0.1, 0.15) is 17.4 Å². The van der Waals surface area contributed by atoms with Crippen molar-refractivity contribution in [2.45, 2.75) is 6.04 Å². The van der Waals surface area contributed by atoms with Crippen molar-refractivity contribution in [3.8, 4) is 17.2 Å². The topological polar surface area (TPSA) is 43.0 Å². The Labute approximate surface area is 179 Å². The molecule has 4 rings (SSSR count). The van der Waals surface area contributed by atoms with Crippen molar-refractivity contribution < 1.29 is 23.0 Å². The number of nitrogens with zero attached hydrogens (tertiary/aromatic N) is 1. The summed E-state index contributed by atoms with van der Waals surface area (Å²) in [7, 11) is 4.71. The third-order valence-electron chi connectivity index (χ3n) is 5.16. The number of halogens is 2. The monoisotopic (exact) mass is 424 g/mol. The zero-order valence-corrected chi connectivity index (χ0v) is 17.4. The van der Waals surface area contributed by atoms with Crippen LogP contribution < -0.4 is 24.6 Å². The van der Waals surface area contributed by atoms with Gasteiger partial charge in [-0.15, -0.1) is 0 Å². The minimum atomic E-state index is -0.324. The average Bonchev–Trinajstić information content (AvgIpc) is 3.24. The first-order valence-corrected chi connectivity index (χ1v) is 9.63. The second kappa shape index (κ2) is 8.55. The van der Waals surface area contributed by atoms with E-state index < -0.39 is 0 Å². The molecular formula is C24H22F2N2O3. The van der Waals surface area contributed by atoms with Crippen molar-refractivity contribution in [2.75, 3.05) is 26.3 Å². The van der Waals surface area contributed by atoms with Crippen LogP contribution in [0.4, 0.5) is 14.5 Å². The van der Waals surface area contributed by atoms with Gasteiger partial charge in [-0.05, 0) is 66.2 Å². The van der Waals surface area contributed by atoms with Gasteiger partial charge in [0.05, 0.1) is 38.8 Å². The first kappa shape index (κ1) is 20.5. The normalized spacial score (nSPS) is 15.3. The Hall–Kier alpha value is -3.74. The number of hydrogen-bond acceptors (Lipinski definition) is 5. The molecule has 1 aliphatic rings. The van der Waals surface area contributed by atoms with Crippen molar-refractivity contribution in [2.24, 2.45) is 0 Å². The standard InChI is InChI=1S/C24H22F2N2O3/c1-29-22-14-24(31-3)23(30-2)12-19(22)21-13-20(15-4-6-16(25)7-5-15)27-28(21)18-10-8-17(26)9-11-18/h4-14,21,27H,1-3H3. The molecule has 1 aliphatic heterocycles. The number of ether oxygens (including phenoxy) is 3. The van der Waals surface area contributed by atoms with Crippen LogP contribution >= 0.6 is 0 Å². The van der Waals surface area contributed by atoms with Gasteiger partial charge in [0.2, 0.25) is 0 Å². The molecule has 5 nitrogen and oxygen atoms in total. The van der Waals surface area contributed by atoms with E-state index in [1.807, 2.05) is 17.2 Å². The smallest absolute Gasteiger partial charge is 0.164 e. The Balaban J connectivity index is 1.84. The zero-order chi connectivity index (χ0) is 22.0. The summed E-state index contributed by atoms with van der Waals surface area (Å²) in [5.74, 6) is 1.07. The highest BCUT2D eigenvalue weighted by Gasteiger charge is 2.30. The predicted octanol–water partition coefficient (Wildman–Crippen LogP) is 5.10. The Morgan fingerprint density at radius 1 is 0.742 bits per heavy atom. The van der Waals surface area contributed by atoms with E-state index in [1.165, 1.54) is 24.3 Å². The van der Waals surface area contributed by atoms with Gasteiger partial charge in [-0.2, -0.15) is 0 Å². The average molecular weight is 424 g/mol. The molecule has 0 radical (unpaired) electrons. The number of hydrogen-bond donors (Lipinski definition) is 1. The molecule has 1 atom stereocenters. The molecule has 3 aromatic rings. The maximum atomic E-state index is 13.5. The molecule has 0 fully saturated rings. The van der Waals surface area contributed by atoms with E-state index in [9.17, 15) is 8.78 Å². The van der Waals surface area contributed by atoms with E-state index in [2.05, 4.69) is 5.43 Å². The van der Waals surface area contributed by atoms with Crippen LogP contribution in [-0.2, 0) is 0 Å². The minimum Gasteiger partial charge on any atom is -0.496 e. The van der Waals surface area contributed by atoms with Crippen molar-refractivity contribution in [3.63, 3.8) is 0 Å². The van der Waals surface area contributed by atoms with Gasteiger partial charge in [-0.25, -0.2) is 8.78 Å². The SMILES string of the molecule is COc1cc(OC)c(C2C=C(c3ccc(F)cc3)NN2c2ccc(F)cc2)cc1OC. The summed E-state index contributed by atoms with van der Waals surface area (Å²) in [5.41, 5.74) is 6.51. The van der Waals surface area contributed by atoms with Gasteiger partial charge in [-0.1, -0.05) is 0 Å². The highest BCUT2D eigenvalue weighted by Crippen LogP contribution is 2.43. The Morgan fingerprint density at radius 3 is 1.87 bits per heavy atom. The molecule has 3 aromatic carbocycles. The lowest BCUT2D eigenvalue weighted by Crippen LogP contribution is -2.34. The molecule has 7 heteroatoms. The number of nitrogens with one attached hydrogen (secondary N) is 1. The van der Waals surface area contributed by atoms with Crippen LogP contribution in [0.15, 0.2) is 66.7 Å². The zero-order valence-electron chi connectivity index (χ0n) is 17.4. The van der Waals surface area contributed by atoms with Crippen molar-refractivity contribution >= 4 is 11.4 Å². The van der Waals surface area contributed by atoms with Crippen LogP contribution in [0, 0.1) is 11.6 Å². The van der Waals surface area contributed by atoms with E-state index in [4.69, 9.17) is 14.2 Å². The highest BCUT2D eigenvalue weighted by atomic mass is 19.1. The van der Waals surface area contributed by atoms with Gasteiger partial charge >= 0.3 is 0 Å². The summed E-state index contributed by atoms with van der Waals surface area (Å²) in [6.45, 7) is 0. The van der Waals surface area contributed by atoms with Crippen LogP contribution in [0.1, 0.15) is 17.2 Å². The van der Waals surface area contributed by atoms with Crippen LogP contribution in [0.2, 0.25) is 0 Å². The molecule has 160 valence electrons. The molecule has 0 saturated carbocycles. The lowest BCUT2D eigenvalue weighted by atomic mass is 10.0. The number of rotatable bonds is 6. The fourth-order valence-corrected chi connectivity index (χ4v) is 3.60. The third kappa shape index (κ3) is 3.99. The summed E-state index contributed by atoms with van der Waals surface area (Å²) in [6, 6.07) is 15.7. The maximum Gasteiger partial charge on any atom is 0.164 e. The Kier molecular flexibility index (Phi) is 5.66. The first-order chi connectivity index (χ1) is 15.0. The van der Waals surface area contributed by atoms with Gasteiger partial charge < -0.3 is 14.2 Å². The molecule has 0 amide bonds. The van der Waals surface area contributed by atoms with Crippen molar-refractivity contribution in [1.29, 1.82) is 0 Å². The van der Waals surface area contributed by atoms with Crippen LogP contribution in [0.25, 0.3) is 5.70 Å². The first-order valence-electron chi connectivity index (χ1n) is 9.63. The van der Waals surface area contributed by atoms with Crippen LogP contribution in [-0.4, -0.2) is 21.3 Å². The molecule has 0 aromatic heterocycles. The molecule has 31 heavy (non-hydrogen) atoms. The number of benzene rings is 3. The van der Waals surface area contributed by atoms with E-state index in [-0.39, 0.29) is 17.7 Å². The molecule has 0 bridgehead atoms. The summed E-state index contributed by atoms with van der Waals surface area (Å²) in [5, 5.41) is 1.89. The van der Waals surface area contributed by atoms with Crippen LogP contribution in [0.5, 0.6) is 17.2 Å². The second-order valence-corrected chi connectivity index (χ2v) is 6.94. The maximum absolute atomic E-state index is 13.5. The highest BCUT2D eigenvalue weighted by molar-refractivity contribution is 5.73. The van der Waals surface area contributed by atoms with E-state index in [1.54, 1.807) is 51.7 Å². The Bertz CT molecular complexity index is 1100. The summed E-state index contributed by atoms with van der Waals surface area (Å²) < 4.78 is 43.5. The molecule has 1 N–H and O–H groups in total. The van der Waals surface area contributed by atoms with E-state index >= 15 is 0 Å². The van der Waals surface area contributed by atoms with Crippen molar-refractivity contribution in [1.82, 2.24) is 5.43 Å². The van der Waals surface area contributed by atoms with Gasteiger partial charge in [0.25, 0.3) is 0 Å². The summed E-state index contributed by atoms with van der Waals surface area (Å²) >= 11 is 0. The lowest BCUT2D eigenvalue weighted by molar-refractivity contribution is 0.347. The predicted molar refractivity (Wildman–Crippen MR) is 115 cm³/mol. The minimum absolute atomic E-state index is 0.309. The number of anilines is 1. The molecule has 0 aliphatic carbocycles. The van der Waals surface area contributed by atoms with Gasteiger partial charge in [0, 0.05) is 11.6 Å². The van der Waals surface area contributed by atoms with E-state index in [0.717, 1.165) is 22.5 Å². The fourth-order valence-electron chi connectivity index (χ4n) is 3.60. The Morgan fingerprint density at radius 2 is 1.29 bits per heavy atom. The van der Waals surface area contributed by atoms with Gasteiger partial charge in [-0.3, -0.25) is 10.4 Å². The largest absolute Gasteiger partial charge is 0.496 e. The lowest BCUT2D eigenvalue weighted by Gasteiger charge is -2.29. The molecule has 0 spiro atoms. The molecule has 1 heterocycles. The number of methoxy groups -OCH3 is 3. The number of hydrazine groups is 1.